The Kier molecular flexibility index (Phi) is 5.40. The number of rotatable bonds is 5. The summed E-state index contributed by atoms with van der Waals surface area (Å²) < 4.78 is 80.3. The van der Waals surface area contributed by atoms with E-state index in [0.717, 1.165) is 36.4 Å². The van der Waals surface area contributed by atoms with Gasteiger partial charge in [-0.05, 0) is 42.5 Å². The molecule has 1 amide bonds. The fourth-order valence-electron chi connectivity index (χ4n) is 1.91. The van der Waals surface area contributed by atoms with Gasteiger partial charge in [0, 0.05) is 12.6 Å². The summed E-state index contributed by atoms with van der Waals surface area (Å²) in [5, 5.41) is 2.36. The van der Waals surface area contributed by atoms with Crippen LogP contribution in [0, 0.1) is 5.82 Å². The van der Waals surface area contributed by atoms with Crippen molar-refractivity contribution in [2.45, 2.75) is 18.2 Å². The number of hydrogen-bond acceptors (Lipinski definition) is 4. The van der Waals surface area contributed by atoms with Crippen molar-refractivity contribution in [1.29, 1.82) is 0 Å². The van der Waals surface area contributed by atoms with Crippen LogP contribution in [0.3, 0.4) is 0 Å². The molecule has 6 nitrogen and oxygen atoms in total. The summed E-state index contributed by atoms with van der Waals surface area (Å²) in [6.45, 7) is 1.22. The Bertz CT molecular complexity index is 912. The fraction of sp³-hybridized carbons (Fsp3) is 0.133. The molecule has 0 bridgehead atoms. The minimum Gasteiger partial charge on any atom is -0.406 e. The smallest absolute Gasteiger partial charge is 0.406 e. The van der Waals surface area contributed by atoms with Crippen molar-refractivity contribution in [3.8, 4) is 5.75 Å². The van der Waals surface area contributed by atoms with E-state index in [0.29, 0.717) is 0 Å². The molecule has 0 spiro atoms. The first-order chi connectivity index (χ1) is 12.0. The van der Waals surface area contributed by atoms with Gasteiger partial charge in [0.1, 0.15) is 11.6 Å². The highest BCUT2D eigenvalue weighted by molar-refractivity contribution is 7.92. The standard InChI is InChI=1S/C15H12F4N2O4S/c1-9(22)20-10-2-7-13(16)14(8-10)21-26(23,24)12-5-3-11(4-6-12)25-15(17,18)19/h2-8,21H,1H3,(H,20,22). The van der Waals surface area contributed by atoms with E-state index >= 15 is 0 Å². The van der Waals surface area contributed by atoms with Crippen LogP contribution in [0.1, 0.15) is 6.92 Å². The Morgan fingerprint density at radius 3 is 2.23 bits per heavy atom. The van der Waals surface area contributed by atoms with E-state index in [4.69, 9.17) is 0 Å². The van der Waals surface area contributed by atoms with Crippen LogP contribution >= 0.6 is 0 Å². The van der Waals surface area contributed by atoms with Gasteiger partial charge in [-0.25, -0.2) is 12.8 Å². The number of carbonyl (C=O) groups is 1. The van der Waals surface area contributed by atoms with Crippen LogP contribution in [-0.4, -0.2) is 20.7 Å². The molecule has 0 fully saturated rings. The molecule has 2 aromatic rings. The molecule has 2 N–H and O–H groups in total. The minimum absolute atomic E-state index is 0.158. The zero-order valence-electron chi connectivity index (χ0n) is 13.1. The van der Waals surface area contributed by atoms with Crippen LogP contribution < -0.4 is 14.8 Å². The van der Waals surface area contributed by atoms with Crippen LogP contribution in [0.4, 0.5) is 28.9 Å². The molecule has 11 heteroatoms. The molecule has 0 unspecified atom stereocenters. The largest absolute Gasteiger partial charge is 0.573 e. The van der Waals surface area contributed by atoms with Crippen molar-refractivity contribution in [3.63, 3.8) is 0 Å². The summed E-state index contributed by atoms with van der Waals surface area (Å²) in [5.41, 5.74) is -0.280. The summed E-state index contributed by atoms with van der Waals surface area (Å²) in [5.74, 6) is -1.94. The lowest BCUT2D eigenvalue weighted by molar-refractivity contribution is -0.274. The number of anilines is 2. The first-order valence-corrected chi connectivity index (χ1v) is 8.40. The molecule has 0 atom stereocenters. The molecule has 0 saturated heterocycles. The Hall–Kier alpha value is -2.82. The molecule has 0 aliphatic rings. The maximum Gasteiger partial charge on any atom is 0.573 e. The molecular weight excluding hydrogens is 380 g/mol. The highest BCUT2D eigenvalue weighted by atomic mass is 32.2. The molecule has 0 aliphatic heterocycles. The number of alkyl halides is 3. The normalized spacial score (nSPS) is 11.7. The summed E-state index contributed by atoms with van der Waals surface area (Å²) in [6.07, 6.45) is -4.91. The van der Waals surface area contributed by atoms with E-state index in [-0.39, 0.29) is 5.69 Å². The molecule has 2 rings (SSSR count). The molecule has 0 aliphatic carbocycles. The molecule has 26 heavy (non-hydrogen) atoms. The Morgan fingerprint density at radius 1 is 1.08 bits per heavy atom. The van der Waals surface area contributed by atoms with Gasteiger partial charge in [0.25, 0.3) is 10.0 Å². The number of benzene rings is 2. The quantitative estimate of drug-likeness (QED) is 0.763. The number of ether oxygens (including phenoxy) is 1. The molecule has 0 heterocycles. The first kappa shape index (κ1) is 19.5. The maximum absolute atomic E-state index is 13.8. The highest BCUT2D eigenvalue weighted by Crippen LogP contribution is 2.26. The summed E-state index contributed by atoms with van der Waals surface area (Å²) >= 11 is 0. The average Bonchev–Trinajstić information content (AvgIpc) is 2.49. The van der Waals surface area contributed by atoms with E-state index in [1.165, 1.54) is 13.0 Å². The van der Waals surface area contributed by atoms with E-state index in [1.807, 2.05) is 4.72 Å². The zero-order valence-corrected chi connectivity index (χ0v) is 13.9. The second-order valence-corrected chi connectivity index (χ2v) is 6.68. The zero-order chi connectivity index (χ0) is 19.5. The number of sulfonamides is 1. The van der Waals surface area contributed by atoms with Crippen molar-refractivity contribution in [3.05, 3.63) is 48.3 Å². The number of halogens is 4. The lowest BCUT2D eigenvalue weighted by atomic mass is 10.2. The van der Waals surface area contributed by atoms with E-state index in [9.17, 15) is 30.8 Å². The first-order valence-electron chi connectivity index (χ1n) is 6.92. The van der Waals surface area contributed by atoms with Crippen LogP contribution in [0.15, 0.2) is 47.4 Å². The van der Waals surface area contributed by atoms with Gasteiger partial charge in [0.15, 0.2) is 0 Å². The average molecular weight is 392 g/mol. The van der Waals surface area contributed by atoms with Gasteiger partial charge in [-0.15, -0.1) is 13.2 Å². The van der Waals surface area contributed by atoms with Crippen LogP contribution in [0.5, 0.6) is 5.75 Å². The second-order valence-electron chi connectivity index (χ2n) is 5.00. The topological polar surface area (TPSA) is 84.5 Å². The lowest BCUT2D eigenvalue weighted by Crippen LogP contribution is -2.17. The number of nitrogens with one attached hydrogen (secondary N) is 2. The van der Waals surface area contributed by atoms with Gasteiger partial charge in [-0.3, -0.25) is 9.52 Å². The van der Waals surface area contributed by atoms with Gasteiger partial charge in [-0.1, -0.05) is 0 Å². The van der Waals surface area contributed by atoms with E-state index in [2.05, 4.69) is 10.1 Å². The van der Waals surface area contributed by atoms with Crippen molar-refractivity contribution >= 4 is 27.3 Å². The summed E-state index contributed by atoms with van der Waals surface area (Å²) in [6, 6.07) is 6.62. The molecule has 140 valence electrons. The number of amides is 1. The van der Waals surface area contributed by atoms with Crippen molar-refractivity contribution in [2.24, 2.45) is 0 Å². The molecule has 2 aromatic carbocycles. The van der Waals surface area contributed by atoms with Gasteiger partial charge < -0.3 is 10.1 Å². The number of carbonyl (C=O) groups excluding carboxylic acids is 1. The van der Waals surface area contributed by atoms with Crippen molar-refractivity contribution in [1.82, 2.24) is 0 Å². The predicted molar refractivity (Wildman–Crippen MR) is 84.6 cm³/mol. The van der Waals surface area contributed by atoms with E-state index in [1.54, 1.807) is 0 Å². The second kappa shape index (κ2) is 7.20. The highest BCUT2D eigenvalue weighted by Gasteiger charge is 2.31. The Morgan fingerprint density at radius 2 is 1.69 bits per heavy atom. The predicted octanol–water partition coefficient (Wildman–Crippen LogP) is 3.48. The minimum atomic E-state index is -4.91. The third-order valence-electron chi connectivity index (χ3n) is 2.90. The number of hydrogen-bond donors (Lipinski definition) is 2. The van der Waals surface area contributed by atoms with Gasteiger partial charge >= 0.3 is 6.36 Å². The molecule has 0 aromatic heterocycles. The Labute approximate surface area is 145 Å². The van der Waals surface area contributed by atoms with E-state index < -0.39 is 44.4 Å². The SMILES string of the molecule is CC(=O)Nc1ccc(F)c(NS(=O)(=O)c2ccc(OC(F)(F)F)cc2)c1. The fourth-order valence-corrected chi connectivity index (χ4v) is 2.97. The monoisotopic (exact) mass is 392 g/mol. The van der Waals surface area contributed by atoms with Crippen LogP contribution in [0.2, 0.25) is 0 Å². The Balaban J connectivity index is 2.24. The third kappa shape index (κ3) is 5.34. The molecule has 0 saturated carbocycles. The van der Waals surface area contributed by atoms with Crippen LogP contribution in [0.25, 0.3) is 0 Å². The van der Waals surface area contributed by atoms with Gasteiger partial charge in [0.2, 0.25) is 5.91 Å². The van der Waals surface area contributed by atoms with Gasteiger partial charge in [0.05, 0.1) is 10.6 Å². The van der Waals surface area contributed by atoms with Gasteiger partial charge in [-0.2, -0.15) is 0 Å². The maximum atomic E-state index is 13.8. The molecular formula is C15H12F4N2O4S. The van der Waals surface area contributed by atoms with Crippen molar-refractivity contribution in [2.75, 3.05) is 10.0 Å². The van der Waals surface area contributed by atoms with Crippen molar-refractivity contribution < 1.29 is 35.5 Å². The lowest BCUT2D eigenvalue weighted by Gasteiger charge is -2.12. The summed E-state index contributed by atoms with van der Waals surface area (Å²) in [4.78, 5) is 10.6. The molecule has 0 radical (unpaired) electrons. The van der Waals surface area contributed by atoms with Crippen LogP contribution in [-0.2, 0) is 14.8 Å². The summed E-state index contributed by atoms with van der Waals surface area (Å²) in [7, 11) is -4.28. The third-order valence-corrected chi connectivity index (χ3v) is 4.28.